The molecule has 0 bridgehead atoms. The third-order valence-corrected chi connectivity index (χ3v) is 4.84. The second-order valence-corrected chi connectivity index (χ2v) is 7.48. The lowest BCUT2D eigenvalue weighted by atomic mass is 10.0. The standard InChI is InChI=1S/C22H21N3O5/c1-22(2,21(27)28)24-20(26)18-8-7-15-5-3-4-6-17(15)19(18)29-13-14-9-10-25-16(11-14)12-23-30-25/h3-12,23H,13H2,1-2H3,(H,24,26)(H,27,28). The number of carboxylic acid groups (broad SMARTS) is 1. The number of carbonyl (C=O) groups is 2. The number of allylic oxidation sites excluding steroid dienone is 1. The molecule has 0 spiro atoms. The summed E-state index contributed by atoms with van der Waals surface area (Å²) in [5, 5.41) is 15.2. The highest BCUT2D eigenvalue weighted by Crippen LogP contribution is 2.31. The van der Waals surface area contributed by atoms with Crippen LogP contribution in [0.3, 0.4) is 0 Å². The van der Waals surface area contributed by atoms with Crippen LogP contribution in [-0.2, 0) is 9.73 Å². The molecule has 8 heteroatoms. The third-order valence-electron chi connectivity index (χ3n) is 4.84. The number of hydrogen-bond acceptors (Lipinski definition) is 6. The molecular formula is C22H21N3O5. The minimum atomic E-state index is -1.42. The first-order valence-corrected chi connectivity index (χ1v) is 9.36. The molecule has 1 amide bonds. The topological polar surface area (TPSA) is 100 Å². The van der Waals surface area contributed by atoms with Crippen molar-refractivity contribution in [2.75, 3.05) is 6.61 Å². The predicted molar refractivity (Wildman–Crippen MR) is 110 cm³/mol. The van der Waals surface area contributed by atoms with Gasteiger partial charge in [0.1, 0.15) is 17.9 Å². The fourth-order valence-electron chi connectivity index (χ4n) is 3.11. The summed E-state index contributed by atoms with van der Waals surface area (Å²) in [6, 6.07) is 11.0. The van der Waals surface area contributed by atoms with Gasteiger partial charge in [-0.15, -0.1) is 0 Å². The van der Waals surface area contributed by atoms with E-state index in [1.165, 1.54) is 13.8 Å². The summed E-state index contributed by atoms with van der Waals surface area (Å²) in [5.41, 5.74) is 3.23. The Kier molecular flexibility index (Phi) is 4.93. The molecule has 8 nitrogen and oxygen atoms in total. The van der Waals surface area contributed by atoms with E-state index in [1.807, 2.05) is 42.5 Å². The van der Waals surface area contributed by atoms with E-state index in [-0.39, 0.29) is 12.2 Å². The van der Waals surface area contributed by atoms with Crippen LogP contribution in [0.2, 0.25) is 0 Å². The molecule has 2 heterocycles. The fraction of sp³-hybridized carbons (Fsp3) is 0.182. The van der Waals surface area contributed by atoms with E-state index in [9.17, 15) is 14.7 Å². The van der Waals surface area contributed by atoms with Crippen molar-refractivity contribution < 1.29 is 24.4 Å². The zero-order chi connectivity index (χ0) is 21.3. The fourth-order valence-corrected chi connectivity index (χ4v) is 3.11. The second-order valence-electron chi connectivity index (χ2n) is 7.48. The SMILES string of the molecule is CC(C)(NC(=O)c1ccc2ccccc2c1OCC1=CC2=CNON2C=C1)C(=O)O. The van der Waals surface area contributed by atoms with E-state index in [1.54, 1.807) is 23.5 Å². The number of carboxylic acids is 1. The van der Waals surface area contributed by atoms with Crippen LogP contribution in [0, 0.1) is 0 Å². The van der Waals surface area contributed by atoms with Gasteiger partial charge >= 0.3 is 5.97 Å². The highest BCUT2D eigenvalue weighted by Gasteiger charge is 2.30. The molecule has 2 aliphatic heterocycles. The molecular weight excluding hydrogens is 386 g/mol. The molecule has 30 heavy (non-hydrogen) atoms. The van der Waals surface area contributed by atoms with Crippen LogP contribution in [0.15, 0.2) is 72.2 Å². The molecule has 2 aromatic carbocycles. The van der Waals surface area contributed by atoms with Crippen molar-refractivity contribution in [3.8, 4) is 5.75 Å². The van der Waals surface area contributed by atoms with Crippen LogP contribution in [0.5, 0.6) is 5.75 Å². The van der Waals surface area contributed by atoms with Gasteiger partial charge in [0.2, 0.25) is 0 Å². The Balaban J connectivity index is 1.65. The van der Waals surface area contributed by atoms with Gasteiger partial charge in [-0.1, -0.05) is 30.3 Å². The van der Waals surface area contributed by atoms with E-state index >= 15 is 0 Å². The normalized spacial score (nSPS) is 15.2. The number of rotatable bonds is 6. The van der Waals surface area contributed by atoms with Crippen molar-refractivity contribution in [1.82, 2.24) is 15.9 Å². The average Bonchev–Trinajstić information content (AvgIpc) is 3.19. The van der Waals surface area contributed by atoms with Gasteiger partial charge in [-0.25, -0.2) is 15.3 Å². The third kappa shape index (κ3) is 3.72. The predicted octanol–water partition coefficient (Wildman–Crippen LogP) is 2.86. The molecule has 154 valence electrons. The van der Waals surface area contributed by atoms with Gasteiger partial charge < -0.3 is 15.2 Å². The molecule has 0 atom stereocenters. The number of hydrogen-bond donors (Lipinski definition) is 3. The molecule has 0 radical (unpaired) electrons. The Morgan fingerprint density at radius 1 is 1.23 bits per heavy atom. The molecule has 0 aromatic heterocycles. The van der Waals surface area contributed by atoms with Crippen molar-refractivity contribution in [3.05, 3.63) is 77.8 Å². The summed E-state index contributed by atoms with van der Waals surface area (Å²) in [7, 11) is 0. The number of amides is 1. The minimum absolute atomic E-state index is 0.221. The lowest BCUT2D eigenvalue weighted by Crippen LogP contribution is -2.49. The van der Waals surface area contributed by atoms with E-state index in [2.05, 4.69) is 10.8 Å². The minimum Gasteiger partial charge on any atom is -0.487 e. The van der Waals surface area contributed by atoms with Gasteiger partial charge in [-0.2, -0.15) is 4.94 Å². The maximum Gasteiger partial charge on any atom is 0.328 e. The van der Waals surface area contributed by atoms with E-state index in [4.69, 9.17) is 9.68 Å². The Morgan fingerprint density at radius 3 is 2.83 bits per heavy atom. The summed E-state index contributed by atoms with van der Waals surface area (Å²) >= 11 is 0. The van der Waals surface area contributed by atoms with Gasteiger partial charge in [0.15, 0.2) is 0 Å². The number of nitrogens with one attached hydrogen (secondary N) is 2. The van der Waals surface area contributed by atoms with Gasteiger partial charge in [0.05, 0.1) is 17.5 Å². The monoisotopic (exact) mass is 407 g/mol. The Bertz CT molecular complexity index is 1120. The van der Waals surface area contributed by atoms with Crippen LogP contribution in [0.1, 0.15) is 24.2 Å². The Labute approximate surface area is 173 Å². The van der Waals surface area contributed by atoms with Crippen LogP contribution < -0.4 is 15.5 Å². The quantitative estimate of drug-likeness (QED) is 0.677. The van der Waals surface area contributed by atoms with Gasteiger partial charge in [0, 0.05) is 11.6 Å². The first-order valence-electron chi connectivity index (χ1n) is 9.36. The van der Waals surface area contributed by atoms with E-state index in [0.29, 0.717) is 5.75 Å². The maximum absolute atomic E-state index is 12.9. The lowest BCUT2D eigenvalue weighted by molar-refractivity contribution is -0.143. The van der Waals surface area contributed by atoms with Crippen molar-refractivity contribution in [1.29, 1.82) is 0 Å². The summed E-state index contributed by atoms with van der Waals surface area (Å²) in [4.78, 5) is 29.5. The molecule has 0 saturated carbocycles. The second kappa shape index (κ2) is 7.57. The molecule has 0 fully saturated rings. The van der Waals surface area contributed by atoms with Crippen LogP contribution in [0.25, 0.3) is 10.8 Å². The zero-order valence-corrected chi connectivity index (χ0v) is 16.5. The van der Waals surface area contributed by atoms with Crippen molar-refractivity contribution in [2.24, 2.45) is 0 Å². The van der Waals surface area contributed by atoms with Crippen LogP contribution in [-0.4, -0.2) is 34.2 Å². The molecule has 2 aromatic rings. The Morgan fingerprint density at radius 2 is 2.03 bits per heavy atom. The summed E-state index contributed by atoms with van der Waals surface area (Å²) in [5.74, 6) is -1.24. The largest absolute Gasteiger partial charge is 0.487 e. The first-order chi connectivity index (χ1) is 14.3. The van der Waals surface area contributed by atoms with Gasteiger partial charge in [-0.3, -0.25) is 4.79 Å². The van der Waals surface area contributed by atoms with Crippen molar-refractivity contribution in [2.45, 2.75) is 19.4 Å². The Hall–Kier alpha value is -3.78. The van der Waals surface area contributed by atoms with Crippen LogP contribution >= 0.6 is 0 Å². The van der Waals surface area contributed by atoms with Crippen molar-refractivity contribution in [3.63, 3.8) is 0 Å². The average molecular weight is 407 g/mol. The highest BCUT2D eigenvalue weighted by atomic mass is 16.8. The highest BCUT2D eigenvalue weighted by molar-refractivity contribution is 6.05. The summed E-state index contributed by atoms with van der Waals surface area (Å²) in [6.07, 6.45) is 7.23. The number of aliphatic carboxylic acids is 1. The molecule has 4 rings (SSSR count). The van der Waals surface area contributed by atoms with Gasteiger partial charge in [0.25, 0.3) is 5.91 Å². The number of benzene rings is 2. The van der Waals surface area contributed by atoms with E-state index in [0.717, 1.165) is 22.0 Å². The first kappa shape index (κ1) is 19.5. The smallest absolute Gasteiger partial charge is 0.328 e. The number of hydroxylamine groups is 3. The maximum atomic E-state index is 12.9. The number of ether oxygens (including phenoxy) is 1. The number of nitrogens with zero attached hydrogens (tertiary/aromatic N) is 1. The van der Waals surface area contributed by atoms with Crippen molar-refractivity contribution >= 4 is 22.6 Å². The zero-order valence-electron chi connectivity index (χ0n) is 16.5. The summed E-state index contributed by atoms with van der Waals surface area (Å²) < 4.78 is 6.10. The molecule has 2 aliphatic rings. The summed E-state index contributed by atoms with van der Waals surface area (Å²) in [6.45, 7) is 3.09. The van der Waals surface area contributed by atoms with E-state index < -0.39 is 17.4 Å². The number of fused-ring (bicyclic) bond motifs is 2. The molecule has 0 unspecified atom stereocenters. The molecule has 3 N–H and O–H groups in total. The molecule has 0 aliphatic carbocycles. The lowest BCUT2D eigenvalue weighted by Gasteiger charge is -2.23. The number of carbonyl (C=O) groups excluding carboxylic acids is 1. The molecule has 0 saturated heterocycles. The van der Waals surface area contributed by atoms with Gasteiger partial charge in [-0.05, 0) is 43.0 Å². The van der Waals surface area contributed by atoms with Crippen LogP contribution in [0.4, 0.5) is 0 Å².